The molecule has 5 heteroatoms. The number of nitrogens with one attached hydrogen (secondary N) is 2. The van der Waals surface area contributed by atoms with Crippen LogP contribution >= 0.6 is 23.2 Å². The Kier molecular flexibility index (Phi) is 6.51. The highest BCUT2D eigenvalue weighted by Crippen LogP contribution is 2.28. The summed E-state index contributed by atoms with van der Waals surface area (Å²) >= 11 is 12.2. The zero-order valence-corrected chi connectivity index (χ0v) is 16.1. The summed E-state index contributed by atoms with van der Waals surface area (Å²) in [6, 6.07) is 24.5. The van der Waals surface area contributed by atoms with Crippen molar-refractivity contribution in [2.45, 2.75) is 18.6 Å². The molecule has 0 spiro atoms. The Morgan fingerprint density at radius 3 is 2.15 bits per heavy atom. The van der Waals surface area contributed by atoms with Gasteiger partial charge in [-0.25, -0.2) is 0 Å². The van der Waals surface area contributed by atoms with E-state index in [9.17, 15) is 5.11 Å². The van der Waals surface area contributed by atoms with Gasteiger partial charge in [-0.2, -0.15) is 0 Å². The van der Waals surface area contributed by atoms with Crippen LogP contribution in [0.4, 0.5) is 0 Å². The highest BCUT2D eigenvalue weighted by Gasteiger charge is 2.23. The minimum absolute atomic E-state index is 0.179. The van der Waals surface area contributed by atoms with E-state index in [1.54, 1.807) is 6.07 Å². The molecule has 0 radical (unpaired) electrons. The van der Waals surface area contributed by atoms with E-state index < -0.39 is 6.23 Å². The predicted molar refractivity (Wildman–Crippen MR) is 112 cm³/mol. The molecule has 138 valence electrons. The Morgan fingerprint density at radius 2 is 1.52 bits per heavy atom. The van der Waals surface area contributed by atoms with Crippen LogP contribution in [0.15, 0.2) is 78.9 Å². The second-order valence-corrected chi connectivity index (χ2v) is 7.11. The van der Waals surface area contributed by atoms with Crippen molar-refractivity contribution < 1.29 is 5.11 Å². The van der Waals surface area contributed by atoms with Crippen LogP contribution in [0, 0.1) is 5.41 Å². The van der Waals surface area contributed by atoms with E-state index in [0.717, 1.165) is 16.7 Å². The van der Waals surface area contributed by atoms with Gasteiger partial charge in [-0.3, -0.25) is 5.41 Å². The molecule has 0 aromatic heterocycles. The average Bonchev–Trinajstić information content (AvgIpc) is 2.70. The molecule has 3 N–H and O–H groups in total. The molecule has 0 aliphatic heterocycles. The number of aliphatic hydroxyl groups excluding tert-OH is 1. The third kappa shape index (κ3) is 5.10. The highest BCUT2D eigenvalue weighted by molar-refractivity contribution is 6.42. The van der Waals surface area contributed by atoms with Crippen molar-refractivity contribution in [1.82, 2.24) is 5.32 Å². The normalized spacial score (nSPS) is 13.0. The first-order valence-electron chi connectivity index (χ1n) is 8.62. The zero-order valence-electron chi connectivity index (χ0n) is 14.6. The van der Waals surface area contributed by atoms with E-state index in [-0.39, 0.29) is 11.8 Å². The third-order valence-electron chi connectivity index (χ3n) is 4.40. The number of hydrogen-bond acceptors (Lipinski definition) is 2. The summed E-state index contributed by atoms with van der Waals surface area (Å²) < 4.78 is 0. The molecule has 2 atom stereocenters. The average molecular weight is 399 g/mol. The van der Waals surface area contributed by atoms with E-state index in [2.05, 4.69) is 5.32 Å². The van der Waals surface area contributed by atoms with Crippen LogP contribution in [0.5, 0.6) is 0 Å². The summed E-state index contributed by atoms with van der Waals surface area (Å²) in [5, 5.41) is 23.0. The molecular formula is C22H20Cl2N2O. The lowest BCUT2D eigenvalue weighted by molar-refractivity contribution is 0.128. The first-order valence-corrected chi connectivity index (χ1v) is 9.37. The number of rotatable bonds is 6. The van der Waals surface area contributed by atoms with Crippen LogP contribution in [-0.4, -0.2) is 17.2 Å². The molecule has 0 fully saturated rings. The predicted octanol–water partition coefficient (Wildman–Crippen LogP) is 5.25. The van der Waals surface area contributed by atoms with Crippen molar-refractivity contribution >= 4 is 29.0 Å². The maximum Gasteiger partial charge on any atom is 0.132 e. The van der Waals surface area contributed by atoms with Crippen LogP contribution in [0.2, 0.25) is 10.0 Å². The van der Waals surface area contributed by atoms with Crippen molar-refractivity contribution in [1.29, 1.82) is 5.41 Å². The fourth-order valence-corrected chi connectivity index (χ4v) is 3.29. The summed E-state index contributed by atoms with van der Waals surface area (Å²) in [6.07, 6.45) is -0.383. The van der Waals surface area contributed by atoms with Gasteiger partial charge in [-0.15, -0.1) is 0 Å². The minimum atomic E-state index is -0.936. The third-order valence-corrected chi connectivity index (χ3v) is 5.14. The maximum atomic E-state index is 10.9. The molecule has 0 aliphatic rings. The smallest absolute Gasteiger partial charge is 0.132 e. The minimum Gasteiger partial charge on any atom is -0.373 e. The van der Waals surface area contributed by atoms with Crippen LogP contribution in [-0.2, 0) is 6.42 Å². The van der Waals surface area contributed by atoms with Gasteiger partial charge in [0.25, 0.3) is 0 Å². The van der Waals surface area contributed by atoms with E-state index in [0.29, 0.717) is 16.5 Å². The molecule has 0 saturated heterocycles. The van der Waals surface area contributed by atoms with Crippen molar-refractivity contribution in [2.75, 3.05) is 0 Å². The molecule has 3 aromatic rings. The van der Waals surface area contributed by atoms with Crippen molar-refractivity contribution in [2.24, 2.45) is 0 Å². The van der Waals surface area contributed by atoms with Gasteiger partial charge in [0.05, 0.1) is 10.0 Å². The van der Waals surface area contributed by atoms with Crippen LogP contribution in [0.25, 0.3) is 0 Å². The fraction of sp³-hybridized carbons (Fsp3) is 0.136. The Labute approximate surface area is 169 Å². The lowest BCUT2D eigenvalue weighted by atomic mass is 9.90. The maximum absolute atomic E-state index is 10.9. The standard InChI is InChI=1S/C22H20Cl2N2O/c23-19-12-11-15(14-20(19)24)13-18(16-7-3-1-4-8-16)22(27)26-21(25)17-9-5-2-6-10-17/h1-12,14,18,22,27H,13H2,(H2,25,26). The highest BCUT2D eigenvalue weighted by atomic mass is 35.5. The van der Waals surface area contributed by atoms with Crippen LogP contribution in [0.3, 0.4) is 0 Å². The molecule has 0 bridgehead atoms. The van der Waals surface area contributed by atoms with Gasteiger partial charge in [0.15, 0.2) is 0 Å². The molecule has 27 heavy (non-hydrogen) atoms. The lowest BCUT2D eigenvalue weighted by Gasteiger charge is -2.25. The Balaban J connectivity index is 1.83. The summed E-state index contributed by atoms with van der Waals surface area (Å²) in [5.74, 6) is -0.0781. The first-order chi connectivity index (χ1) is 13.0. The van der Waals surface area contributed by atoms with Gasteiger partial charge in [0.2, 0.25) is 0 Å². The van der Waals surface area contributed by atoms with Gasteiger partial charge in [-0.1, -0.05) is 89.9 Å². The summed E-state index contributed by atoms with van der Waals surface area (Å²) in [5.41, 5.74) is 2.66. The van der Waals surface area contributed by atoms with Gasteiger partial charge in [-0.05, 0) is 29.7 Å². The number of aliphatic hydroxyl groups is 1. The van der Waals surface area contributed by atoms with Gasteiger partial charge in [0, 0.05) is 11.5 Å². The Morgan fingerprint density at radius 1 is 0.889 bits per heavy atom. The summed E-state index contributed by atoms with van der Waals surface area (Å²) in [6.45, 7) is 0. The quantitative estimate of drug-likeness (QED) is 0.301. The zero-order chi connectivity index (χ0) is 19.2. The number of hydrogen-bond donors (Lipinski definition) is 3. The molecule has 2 unspecified atom stereocenters. The van der Waals surface area contributed by atoms with Gasteiger partial charge in [0.1, 0.15) is 12.1 Å². The largest absolute Gasteiger partial charge is 0.373 e. The second-order valence-electron chi connectivity index (χ2n) is 6.30. The first kappa shape index (κ1) is 19.4. The van der Waals surface area contributed by atoms with E-state index in [1.165, 1.54) is 0 Å². The number of benzene rings is 3. The molecule has 3 nitrogen and oxygen atoms in total. The molecule has 0 heterocycles. The Bertz CT molecular complexity index is 901. The molecule has 3 rings (SSSR count). The second kappa shape index (κ2) is 9.05. The van der Waals surface area contributed by atoms with Crippen molar-refractivity contribution in [3.05, 3.63) is 106 Å². The monoisotopic (exact) mass is 398 g/mol. The molecule has 3 aromatic carbocycles. The summed E-state index contributed by atoms with van der Waals surface area (Å²) in [4.78, 5) is 0. The van der Waals surface area contributed by atoms with E-state index >= 15 is 0 Å². The molecule has 0 aliphatic carbocycles. The lowest BCUT2D eigenvalue weighted by Crippen LogP contribution is -2.40. The Hall–Kier alpha value is -2.33. The number of halogens is 2. The van der Waals surface area contributed by atoms with Gasteiger partial charge >= 0.3 is 0 Å². The van der Waals surface area contributed by atoms with Crippen molar-refractivity contribution in [3.63, 3.8) is 0 Å². The molecular weight excluding hydrogens is 379 g/mol. The van der Waals surface area contributed by atoms with Crippen LogP contribution in [0.1, 0.15) is 22.6 Å². The topological polar surface area (TPSA) is 56.1 Å². The number of amidine groups is 1. The fourth-order valence-electron chi connectivity index (χ4n) is 2.97. The molecule has 0 amide bonds. The summed E-state index contributed by atoms with van der Waals surface area (Å²) in [7, 11) is 0. The van der Waals surface area contributed by atoms with Crippen LogP contribution < -0.4 is 5.32 Å². The van der Waals surface area contributed by atoms with Gasteiger partial charge < -0.3 is 10.4 Å². The van der Waals surface area contributed by atoms with Crippen molar-refractivity contribution in [3.8, 4) is 0 Å². The SMILES string of the molecule is N=C(NC(O)C(Cc1ccc(Cl)c(Cl)c1)c1ccccc1)c1ccccc1. The van der Waals surface area contributed by atoms with E-state index in [4.69, 9.17) is 28.6 Å². The molecule has 0 saturated carbocycles. The van der Waals surface area contributed by atoms with E-state index in [1.807, 2.05) is 72.8 Å².